The van der Waals surface area contributed by atoms with Crippen molar-refractivity contribution < 1.29 is 9.15 Å². The summed E-state index contributed by atoms with van der Waals surface area (Å²) in [6.07, 6.45) is 0. The van der Waals surface area contributed by atoms with Gasteiger partial charge in [0.25, 0.3) is 5.89 Å². The van der Waals surface area contributed by atoms with E-state index in [0.717, 1.165) is 5.75 Å². The fourth-order valence-electron chi connectivity index (χ4n) is 1.59. The molecule has 1 heterocycles. The molecule has 0 aliphatic carbocycles. The van der Waals surface area contributed by atoms with Crippen LogP contribution in [0, 0.1) is 6.92 Å². The zero-order valence-corrected chi connectivity index (χ0v) is 11.2. The highest BCUT2D eigenvalue weighted by Gasteiger charge is 2.13. The Labute approximate surface area is 107 Å². The highest BCUT2D eigenvalue weighted by molar-refractivity contribution is 5.31. The first-order valence-electron chi connectivity index (χ1n) is 5.97. The molecule has 2 aromatic rings. The quantitative estimate of drug-likeness (QED) is 0.834. The lowest BCUT2D eigenvalue weighted by atomic mass is 9.87. The van der Waals surface area contributed by atoms with E-state index in [0.29, 0.717) is 18.4 Å². The molecule has 0 saturated carbocycles. The van der Waals surface area contributed by atoms with Crippen LogP contribution in [-0.2, 0) is 12.0 Å². The molecule has 4 heteroatoms. The third-order valence-corrected chi connectivity index (χ3v) is 2.65. The van der Waals surface area contributed by atoms with Crippen LogP contribution < -0.4 is 4.74 Å². The van der Waals surface area contributed by atoms with Crippen LogP contribution >= 0.6 is 0 Å². The van der Waals surface area contributed by atoms with Gasteiger partial charge in [-0.15, -0.1) is 10.2 Å². The minimum atomic E-state index is 0.155. The van der Waals surface area contributed by atoms with Crippen LogP contribution in [0.25, 0.3) is 0 Å². The molecule has 4 nitrogen and oxygen atoms in total. The van der Waals surface area contributed by atoms with Crippen molar-refractivity contribution in [2.75, 3.05) is 0 Å². The van der Waals surface area contributed by atoms with Gasteiger partial charge in [-0.3, -0.25) is 0 Å². The monoisotopic (exact) mass is 246 g/mol. The Bertz CT molecular complexity index is 509. The van der Waals surface area contributed by atoms with E-state index in [1.807, 2.05) is 12.1 Å². The summed E-state index contributed by atoms with van der Waals surface area (Å²) < 4.78 is 10.8. The summed E-state index contributed by atoms with van der Waals surface area (Å²) >= 11 is 0. The predicted octanol–water partition coefficient (Wildman–Crippen LogP) is 3.25. The number of aromatic nitrogens is 2. The van der Waals surface area contributed by atoms with E-state index in [1.165, 1.54) is 5.56 Å². The van der Waals surface area contributed by atoms with E-state index in [2.05, 4.69) is 43.1 Å². The van der Waals surface area contributed by atoms with Gasteiger partial charge in [-0.1, -0.05) is 32.9 Å². The Morgan fingerprint density at radius 1 is 1.11 bits per heavy atom. The van der Waals surface area contributed by atoms with E-state index in [9.17, 15) is 0 Å². The maximum atomic E-state index is 5.58. The van der Waals surface area contributed by atoms with Crippen LogP contribution in [0.4, 0.5) is 0 Å². The molecule has 0 spiro atoms. The summed E-state index contributed by atoms with van der Waals surface area (Å²) in [7, 11) is 0. The Morgan fingerprint density at radius 3 is 2.28 bits per heavy atom. The number of hydrogen-bond donors (Lipinski definition) is 0. The largest absolute Gasteiger partial charge is 0.484 e. The van der Waals surface area contributed by atoms with Crippen molar-refractivity contribution in [2.45, 2.75) is 39.7 Å². The molecule has 0 aliphatic heterocycles. The summed E-state index contributed by atoms with van der Waals surface area (Å²) in [5, 5.41) is 7.62. The van der Waals surface area contributed by atoms with Gasteiger partial charge in [0.2, 0.25) is 5.89 Å². The molecular formula is C14H18N2O2. The first kappa shape index (κ1) is 12.6. The zero-order chi connectivity index (χ0) is 13.2. The normalized spacial score (nSPS) is 11.6. The third-order valence-electron chi connectivity index (χ3n) is 2.65. The molecule has 1 aromatic heterocycles. The molecule has 18 heavy (non-hydrogen) atoms. The predicted molar refractivity (Wildman–Crippen MR) is 68.5 cm³/mol. The molecule has 2 rings (SSSR count). The van der Waals surface area contributed by atoms with Gasteiger partial charge in [0.05, 0.1) is 0 Å². The first-order chi connectivity index (χ1) is 8.45. The molecule has 0 amide bonds. The smallest absolute Gasteiger partial charge is 0.253 e. The van der Waals surface area contributed by atoms with Crippen LogP contribution in [0.5, 0.6) is 5.75 Å². The third kappa shape index (κ3) is 3.09. The fourth-order valence-corrected chi connectivity index (χ4v) is 1.59. The number of aryl methyl sites for hydroxylation is 1. The summed E-state index contributed by atoms with van der Waals surface area (Å²) in [5.74, 6) is 1.85. The molecule has 0 fully saturated rings. The molecule has 0 aliphatic rings. The molecule has 0 N–H and O–H groups in total. The maximum absolute atomic E-state index is 5.58. The highest BCUT2D eigenvalue weighted by atomic mass is 16.5. The minimum Gasteiger partial charge on any atom is -0.484 e. The van der Waals surface area contributed by atoms with Gasteiger partial charge in [-0.25, -0.2) is 0 Å². The molecular weight excluding hydrogens is 228 g/mol. The van der Waals surface area contributed by atoms with Crippen molar-refractivity contribution in [1.82, 2.24) is 10.2 Å². The average molecular weight is 246 g/mol. The van der Waals surface area contributed by atoms with Crippen LogP contribution in [0.2, 0.25) is 0 Å². The number of rotatable bonds is 3. The molecule has 96 valence electrons. The average Bonchev–Trinajstić information content (AvgIpc) is 2.72. The van der Waals surface area contributed by atoms with Crippen molar-refractivity contribution >= 4 is 0 Å². The van der Waals surface area contributed by atoms with Gasteiger partial charge in [-0.05, 0) is 23.1 Å². The summed E-state index contributed by atoms with van der Waals surface area (Å²) in [6.45, 7) is 8.61. The Kier molecular flexibility index (Phi) is 3.36. The lowest BCUT2D eigenvalue weighted by molar-refractivity contribution is 0.260. The molecule has 0 radical (unpaired) electrons. The van der Waals surface area contributed by atoms with Gasteiger partial charge in [0.15, 0.2) is 6.61 Å². The van der Waals surface area contributed by atoms with Crippen molar-refractivity contribution in [1.29, 1.82) is 0 Å². The topological polar surface area (TPSA) is 48.2 Å². The van der Waals surface area contributed by atoms with Crippen molar-refractivity contribution in [3.63, 3.8) is 0 Å². The minimum absolute atomic E-state index is 0.155. The standard InChI is InChI=1S/C14H18N2O2/c1-10-15-16-13(18-10)9-17-12-7-5-11(6-8-12)14(2,3)4/h5-8H,9H2,1-4H3. The highest BCUT2D eigenvalue weighted by Crippen LogP contribution is 2.24. The van der Waals surface area contributed by atoms with Crippen molar-refractivity contribution in [3.8, 4) is 5.75 Å². The lowest BCUT2D eigenvalue weighted by Crippen LogP contribution is -2.10. The lowest BCUT2D eigenvalue weighted by Gasteiger charge is -2.19. The van der Waals surface area contributed by atoms with Gasteiger partial charge in [0, 0.05) is 6.92 Å². The number of hydrogen-bond acceptors (Lipinski definition) is 4. The second-order valence-corrected chi connectivity index (χ2v) is 5.28. The first-order valence-corrected chi connectivity index (χ1v) is 5.97. The molecule has 0 unspecified atom stereocenters. The SMILES string of the molecule is Cc1nnc(COc2ccc(C(C)(C)C)cc2)o1. The summed E-state index contributed by atoms with van der Waals surface area (Å²) in [4.78, 5) is 0. The van der Waals surface area contributed by atoms with Crippen LogP contribution in [0.1, 0.15) is 38.1 Å². The van der Waals surface area contributed by atoms with E-state index in [1.54, 1.807) is 6.92 Å². The summed E-state index contributed by atoms with van der Waals surface area (Å²) in [5.41, 5.74) is 1.44. The zero-order valence-electron chi connectivity index (χ0n) is 11.2. The second kappa shape index (κ2) is 4.80. The molecule has 0 saturated heterocycles. The van der Waals surface area contributed by atoms with Gasteiger partial charge < -0.3 is 9.15 Å². The van der Waals surface area contributed by atoms with Gasteiger partial charge in [0.1, 0.15) is 5.75 Å². The molecule has 0 atom stereocenters. The van der Waals surface area contributed by atoms with E-state index < -0.39 is 0 Å². The van der Waals surface area contributed by atoms with Crippen LogP contribution in [0.3, 0.4) is 0 Å². The van der Waals surface area contributed by atoms with Crippen LogP contribution in [-0.4, -0.2) is 10.2 Å². The van der Waals surface area contributed by atoms with E-state index >= 15 is 0 Å². The molecule has 1 aromatic carbocycles. The van der Waals surface area contributed by atoms with Crippen molar-refractivity contribution in [2.24, 2.45) is 0 Å². The Hall–Kier alpha value is -1.84. The maximum Gasteiger partial charge on any atom is 0.253 e. The van der Waals surface area contributed by atoms with E-state index in [4.69, 9.17) is 9.15 Å². The molecule has 0 bridgehead atoms. The Balaban J connectivity index is 1.98. The van der Waals surface area contributed by atoms with Crippen LogP contribution in [0.15, 0.2) is 28.7 Å². The van der Waals surface area contributed by atoms with Crippen molar-refractivity contribution in [3.05, 3.63) is 41.6 Å². The van der Waals surface area contributed by atoms with E-state index in [-0.39, 0.29) is 5.41 Å². The summed E-state index contributed by atoms with van der Waals surface area (Å²) in [6, 6.07) is 8.08. The van der Waals surface area contributed by atoms with Gasteiger partial charge in [-0.2, -0.15) is 0 Å². The number of benzene rings is 1. The Morgan fingerprint density at radius 2 is 1.78 bits per heavy atom. The van der Waals surface area contributed by atoms with Gasteiger partial charge >= 0.3 is 0 Å². The number of ether oxygens (including phenoxy) is 1. The second-order valence-electron chi connectivity index (χ2n) is 5.28. The fraction of sp³-hybridized carbons (Fsp3) is 0.429. The number of nitrogens with zero attached hydrogens (tertiary/aromatic N) is 2.